The second-order valence-electron chi connectivity index (χ2n) is 13.2. The SMILES string of the molecule is CN(Cc1ccccc1)C(=O)c1ccc(C2CC3(C)[C@@H](CC[C@@]3(O)C(F)(F)C(F)(F)F)C3CCC4=CC(=O)CCC4=C23)cc1. The van der Waals surface area contributed by atoms with Gasteiger partial charge in [-0.05, 0) is 90.8 Å². The number of halogens is 5. The fourth-order valence-corrected chi connectivity index (χ4v) is 8.72. The Hall–Kier alpha value is -3.33. The highest BCUT2D eigenvalue weighted by atomic mass is 19.4. The van der Waals surface area contributed by atoms with Crippen LogP contribution >= 0.6 is 0 Å². The molecular formula is C35H36F5NO3. The zero-order valence-electron chi connectivity index (χ0n) is 24.8. The molecule has 0 heterocycles. The molecule has 1 N–H and O–H groups in total. The van der Waals surface area contributed by atoms with Gasteiger partial charge in [-0.15, -0.1) is 0 Å². The summed E-state index contributed by atoms with van der Waals surface area (Å²) in [6.07, 6.45) is -3.04. The maximum atomic E-state index is 15.2. The van der Waals surface area contributed by atoms with Crippen LogP contribution in [0, 0.1) is 17.3 Å². The molecule has 6 rings (SSSR count). The quantitative estimate of drug-likeness (QED) is 0.351. The maximum absolute atomic E-state index is 15.2. The van der Waals surface area contributed by atoms with Crippen LogP contribution in [0.1, 0.15) is 79.3 Å². The van der Waals surface area contributed by atoms with Crippen LogP contribution in [0.2, 0.25) is 0 Å². The smallest absolute Gasteiger partial charge is 0.383 e. The van der Waals surface area contributed by atoms with Gasteiger partial charge < -0.3 is 10.0 Å². The lowest BCUT2D eigenvalue weighted by molar-refractivity contribution is -0.362. The molecule has 4 aliphatic carbocycles. The van der Waals surface area contributed by atoms with Crippen molar-refractivity contribution in [3.8, 4) is 0 Å². The van der Waals surface area contributed by atoms with Gasteiger partial charge in [0.15, 0.2) is 5.78 Å². The first kappa shape index (κ1) is 30.7. The molecule has 2 aromatic rings. The second kappa shape index (κ2) is 10.6. The first-order valence-corrected chi connectivity index (χ1v) is 15.2. The molecule has 3 unspecified atom stereocenters. The summed E-state index contributed by atoms with van der Waals surface area (Å²) in [7, 11) is 1.70. The van der Waals surface area contributed by atoms with Gasteiger partial charge in [0.1, 0.15) is 5.60 Å². The van der Waals surface area contributed by atoms with E-state index in [1.165, 1.54) is 6.92 Å². The van der Waals surface area contributed by atoms with Crippen LogP contribution in [-0.2, 0) is 11.3 Å². The van der Waals surface area contributed by atoms with E-state index in [0.717, 1.165) is 22.3 Å². The molecule has 9 heteroatoms. The van der Waals surface area contributed by atoms with E-state index in [9.17, 15) is 27.9 Å². The minimum atomic E-state index is -5.89. The van der Waals surface area contributed by atoms with Crippen molar-refractivity contribution in [1.82, 2.24) is 4.90 Å². The summed E-state index contributed by atoms with van der Waals surface area (Å²) in [5.74, 6) is -6.87. The minimum absolute atomic E-state index is 0.0301. The second-order valence-corrected chi connectivity index (χ2v) is 13.2. The summed E-state index contributed by atoms with van der Waals surface area (Å²) in [5, 5.41) is 11.4. The molecule has 0 radical (unpaired) electrons. The van der Waals surface area contributed by atoms with Crippen LogP contribution < -0.4 is 0 Å². The summed E-state index contributed by atoms with van der Waals surface area (Å²) < 4.78 is 71.8. The van der Waals surface area contributed by atoms with Crippen LogP contribution in [0.25, 0.3) is 0 Å². The standard InChI is InChI=1S/C35H36F5NO3/c1-32-19-28(22-8-10-23(11-9-22)31(43)41(2)20-21-6-4-3-5-7-21)30-26-15-13-25(42)18-24(26)12-14-27(30)29(32)16-17-33(32,44)34(36,37)35(38,39)40/h3-11,18,27-29,44H,12-17,19-20H2,1-2H3/t27?,28?,29-,32?,33-/m0/s1. The zero-order chi connectivity index (χ0) is 31.7. The Morgan fingerprint density at radius 2 is 1.66 bits per heavy atom. The van der Waals surface area contributed by atoms with E-state index in [-0.39, 0.29) is 30.4 Å². The molecule has 0 spiro atoms. The number of hydrogen-bond donors (Lipinski definition) is 1. The third kappa shape index (κ3) is 4.65. The van der Waals surface area contributed by atoms with Crippen LogP contribution in [-0.4, -0.2) is 46.4 Å². The minimum Gasteiger partial charge on any atom is -0.383 e. The molecule has 234 valence electrons. The van der Waals surface area contributed by atoms with Gasteiger partial charge >= 0.3 is 12.1 Å². The Bertz CT molecular complexity index is 1530. The van der Waals surface area contributed by atoms with E-state index in [0.29, 0.717) is 43.4 Å². The van der Waals surface area contributed by atoms with E-state index in [4.69, 9.17) is 0 Å². The molecule has 0 aliphatic heterocycles. The number of allylic oxidation sites excluding steroid dienone is 4. The Kier molecular flexibility index (Phi) is 7.42. The van der Waals surface area contributed by atoms with Crippen LogP contribution in [0.5, 0.6) is 0 Å². The lowest BCUT2D eigenvalue weighted by Gasteiger charge is -2.56. The molecule has 0 bridgehead atoms. The first-order chi connectivity index (χ1) is 20.7. The molecule has 44 heavy (non-hydrogen) atoms. The Morgan fingerprint density at radius 1 is 0.977 bits per heavy atom. The zero-order valence-corrected chi connectivity index (χ0v) is 24.8. The van der Waals surface area contributed by atoms with Gasteiger partial charge in [-0.1, -0.05) is 55.0 Å². The van der Waals surface area contributed by atoms with E-state index in [1.54, 1.807) is 42.3 Å². The average Bonchev–Trinajstić information content (AvgIpc) is 3.27. The lowest BCUT2D eigenvalue weighted by atomic mass is 9.50. The molecule has 0 aromatic heterocycles. The molecule has 0 saturated heterocycles. The number of aliphatic hydroxyl groups is 1. The van der Waals surface area contributed by atoms with Gasteiger partial charge in [0.05, 0.1) is 0 Å². The van der Waals surface area contributed by atoms with Crippen molar-refractivity contribution in [2.75, 3.05) is 7.05 Å². The number of carbonyl (C=O) groups is 2. The van der Waals surface area contributed by atoms with E-state index in [1.807, 2.05) is 30.3 Å². The van der Waals surface area contributed by atoms with Crippen molar-refractivity contribution >= 4 is 11.7 Å². The molecular weight excluding hydrogens is 577 g/mol. The lowest BCUT2D eigenvalue weighted by Crippen LogP contribution is -2.65. The van der Waals surface area contributed by atoms with Gasteiger partial charge in [-0.3, -0.25) is 9.59 Å². The number of amides is 1. The fraction of sp³-hybridized carbons (Fsp3) is 0.486. The maximum Gasteiger partial charge on any atom is 0.456 e. The van der Waals surface area contributed by atoms with Crippen molar-refractivity contribution in [2.45, 2.75) is 82.0 Å². The highest BCUT2D eigenvalue weighted by molar-refractivity contribution is 5.94. The van der Waals surface area contributed by atoms with Gasteiger partial charge in [-0.2, -0.15) is 22.0 Å². The largest absolute Gasteiger partial charge is 0.456 e. The van der Waals surface area contributed by atoms with Crippen molar-refractivity contribution < 1.29 is 36.6 Å². The summed E-state index contributed by atoms with van der Waals surface area (Å²) in [6.45, 7) is 1.81. The normalized spacial score (nSPS) is 30.3. The summed E-state index contributed by atoms with van der Waals surface area (Å²) in [6, 6.07) is 16.4. The highest BCUT2D eigenvalue weighted by Crippen LogP contribution is 2.70. The van der Waals surface area contributed by atoms with Crippen LogP contribution in [0.15, 0.2) is 77.4 Å². The highest BCUT2D eigenvalue weighted by Gasteiger charge is 2.79. The predicted molar refractivity (Wildman–Crippen MR) is 155 cm³/mol. The molecule has 4 aliphatic rings. The number of fused-ring (bicyclic) bond motifs is 4. The van der Waals surface area contributed by atoms with E-state index < -0.39 is 41.4 Å². The van der Waals surface area contributed by atoms with Gasteiger partial charge in [0, 0.05) is 36.9 Å². The molecule has 5 atom stereocenters. The Labute approximate surface area is 253 Å². The number of nitrogens with zero attached hydrogens (tertiary/aromatic N) is 1. The van der Waals surface area contributed by atoms with Crippen molar-refractivity contribution in [1.29, 1.82) is 0 Å². The number of carbonyl (C=O) groups excluding carboxylic acids is 2. The number of rotatable bonds is 5. The van der Waals surface area contributed by atoms with E-state index in [2.05, 4.69) is 0 Å². The van der Waals surface area contributed by atoms with Crippen LogP contribution in [0.4, 0.5) is 22.0 Å². The summed E-state index contributed by atoms with van der Waals surface area (Å²) >= 11 is 0. The third-order valence-corrected chi connectivity index (χ3v) is 10.9. The Balaban J connectivity index is 1.40. The molecule has 2 saturated carbocycles. The number of hydrogen-bond acceptors (Lipinski definition) is 3. The van der Waals surface area contributed by atoms with Crippen molar-refractivity contribution in [3.63, 3.8) is 0 Å². The first-order valence-electron chi connectivity index (χ1n) is 15.2. The van der Waals surface area contributed by atoms with E-state index >= 15 is 8.78 Å². The van der Waals surface area contributed by atoms with Crippen molar-refractivity contribution in [3.05, 3.63) is 94.1 Å². The fourth-order valence-electron chi connectivity index (χ4n) is 8.72. The Morgan fingerprint density at radius 3 is 2.32 bits per heavy atom. The molecule has 2 fully saturated rings. The van der Waals surface area contributed by atoms with Crippen molar-refractivity contribution in [2.24, 2.45) is 17.3 Å². The topological polar surface area (TPSA) is 57.6 Å². The predicted octanol–water partition coefficient (Wildman–Crippen LogP) is 7.79. The monoisotopic (exact) mass is 613 g/mol. The number of ketones is 1. The molecule has 1 amide bonds. The number of alkyl halides is 5. The average molecular weight is 614 g/mol. The molecule has 4 nitrogen and oxygen atoms in total. The number of benzene rings is 2. The van der Waals surface area contributed by atoms with Gasteiger partial charge in [-0.25, -0.2) is 0 Å². The summed E-state index contributed by atoms with van der Waals surface area (Å²) in [4.78, 5) is 27.1. The third-order valence-electron chi connectivity index (χ3n) is 10.9. The van der Waals surface area contributed by atoms with Crippen LogP contribution in [0.3, 0.4) is 0 Å². The van der Waals surface area contributed by atoms with Gasteiger partial charge in [0.2, 0.25) is 0 Å². The summed E-state index contributed by atoms with van der Waals surface area (Å²) in [5.41, 5.74) is 0.0385. The van der Waals surface area contributed by atoms with Gasteiger partial charge in [0.25, 0.3) is 5.91 Å². The molecule has 2 aromatic carbocycles.